The Hall–Kier alpha value is -3.30. The van der Waals surface area contributed by atoms with Gasteiger partial charge in [0.25, 0.3) is 0 Å². The second-order valence-corrected chi connectivity index (χ2v) is 10.4. The van der Waals surface area contributed by atoms with Gasteiger partial charge in [0.05, 0.1) is 11.5 Å². The minimum absolute atomic E-state index is 0.0324. The van der Waals surface area contributed by atoms with E-state index in [9.17, 15) is 27.2 Å². The van der Waals surface area contributed by atoms with Gasteiger partial charge in [-0.2, -0.15) is 13.2 Å². The van der Waals surface area contributed by atoms with Gasteiger partial charge in [-0.05, 0) is 75.4 Å². The second-order valence-electron chi connectivity index (χ2n) is 10.4. The molecule has 0 spiro atoms. The van der Waals surface area contributed by atoms with E-state index in [1.165, 1.54) is 0 Å². The SMILES string of the molecule is CC(C)(C)OC(=O)N1CCCC(C(=O)N2CCc3ccc(Oc4ccc(C(F)(F)F)c(F)c4)cc3C2)C1. The molecular weight excluding hydrogens is 492 g/mol. The number of halogens is 4. The van der Waals surface area contributed by atoms with Gasteiger partial charge in [0, 0.05) is 32.2 Å². The maximum Gasteiger partial charge on any atom is 0.419 e. The molecule has 0 aromatic heterocycles. The highest BCUT2D eigenvalue weighted by atomic mass is 19.4. The monoisotopic (exact) mass is 522 g/mol. The van der Waals surface area contributed by atoms with Crippen molar-refractivity contribution in [2.75, 3.05) is 19.6 Å². The molecule has 6 nitrogen and oxygen atoms in total. The number of fused-ring (bicyclic) bond motifs is 1. The van der Waals surface area contributed by atoms with E-state index in [-0.39, 0.29) is 17.6 Å². The Bertz CT molecular complexity index is 1180. The highest BCUT2D eigenvalue weighted by Crippen LogP contribution is 2.35. The Morgan fingerprint density at radius 1 is 0.946 bits per heavy atom. The lowest BCUT2D eigenvalue weighted by molar-refractivity contribution is -0.140. The van der Waals surface area contributed by atoms with Gasteiger partial charge in [0.1, 0.15) is 22.9 Å². The number of benzene rings is 2. The summed E-state index contributed by atoms with van der Waals surface area (Å²) >= 11 is 0. The Kier molecular flexibility index (Phi) is 7.39. The number of likely N-dealkylation sites (tertiary alicyclic amines) is 1. The lowest BCUT2D eigenvalue weighted by Crippen LogP contribution is -2.48. The first kappa shape index (κ1) is 26.8. The van der Waals surface area contributed by atoms with Crippen LogP contribution in [0.4, 0.5) is 22.4 Å². The number of alkyl halides is 3. The minimum Gasteiger partial charge on any atom is -0.457 e. The van der Waals surface area contributed by atoms with Gasteiger partial charge in [-0.25, -0.2) is 9.18 Å². The predicted octanol–water partition coefficient (Wildman–Crippen LogP) is 6.17. The van der Waals surface area contributed by atoms with Crippen LogP contribution < -0.4 is 4.74 Å². The average molecular weight is 523 g/mol. The summed E-state index contributed by atoms with van der Waals surface area (Å²) in [5, 5.41) is 0. The van der Waals surface area contributed by atoms with Crippen LogP contribution in [0.15, 0.2) is 36.4 Å². The molecule has 1 atom stereocenters. The van der Waals surface area contributed by atoms with Crippen LogP contribution >= 0.6 is 0 Å². The maximum atomic E-state index is 13.9. The first-order valence-corrected chi connectivity index (χ1v) is 12.2. The van der Waals surface area contributed by atoms with Crippen LogP contribution in [0.3, 0.4) is 0 Å². The number of nitrogens with zero attached hydrogens (tertiary/aromatic N) is 2. The summed E-state index contributed by atoms with van der Waals surface area (Å²) in [6.07, 6.45) is -3.17. The van der Waals surface area contributed by atoms with Gasteiger partial charge in [0.15, 0.2) is 0 Å². The summed E-state index contributed by atoms with van der Waals surface area (Å²) in [7, 11) is 0. The quantitative estimate of drug-likeness (QED) is 0.453. The van der Waals surface area contributed by atoms with Gasteiger partial charge < -0.3 is 19.3 Å². The summed E-state index contributed by atoms with van der Waals surface area (Å²) in [5.41, 5.74) is -0.0815. The smallest absolute Gasteiger partial charge is 0.419 e. The molecule has 0 saturated carbocycles. The summed E-state index contributed by atoms with van der Waals surface area (Å²) in [4.78, 5) is 29.2. The molecule has 2 aliphatic rings. The molecule has 2 aromatic carbocycles. The van der Waals surface area contributed by atoms with Crippen LogP contribution in [0.2, 0.25) is 0 Å². The number of hydrogen-bond donors (Lipinski definition) is 0. The maximum absolute atomic E-state index is 13.9. The molecule has 2 aromatic rings. The fourth-order valence-corrected chi connectivity index (χ4v) is 4.64. The van der Waals surface area contributed by atoms with Crippen molar-refractivity contribution in [3.05, 3.63) is 58.9 Å². The molecule has 1 fully saturated rings. The van der Waals surface area contributed by atoms with Crippen LogP contribution in [0.5, 0.6) is 11.5 Å². The highest BCUT2D eigenvalue weighted by molar-refractivity contribution is 5.80. The third kappa shape index (κ3) is 6.53. The normalized spacial score (nSPS) is 18.3. The molecule has 0 N–H and O–H groups in total. The number of piperidine rings is 1. The standard InChI is InChI=1S/C27H30F4N2O4/c1-26(2,3)37-25(35)33-11-4-5-18(15-33)24(34)32-12-10-17-6-7-20(13-19(17)16-32)36-21-8-9-22(23(28)14-21)27(29,30)31/h6-9,13-14,18H,4-5,10-12,15-16H2,1-3H3. The molecule has 37 heavy (non-hydrogen) atoms. The highest BCUT2D eigenvalue weighted by Gasteiger charge is 2.35. The first-order valence-electron chi connectivity index (χ1n) is 12.2. The lowest BCUT2D eigenvalue weighted by Gasteiger charge is -2.37. The third-order valence-electron chi connectivity index (χ3n) is 6.41. The van der Waals surface area contributed by atoms with E-state index < -0.39 is 29.3 Å². The number of carbonyl (C=O) groups excluding carboxylic acids is 2. The van der Waals surface area contributed by atoms with Crippen molar-refractivity contribution < 1.29 is 36.6 Å². The average Bonchev–Trinajstić information content (AvgIpc) is 2.81. The van der Waals surface area contributed by atoms with Gasteiger partial charge in [-0.3, -0.25) is 4.79 Å². The lowest BCUT2D eigenvalue weighted by atomic mass is 9.94. The van der Waals surface area contributed by atoms with E-state index in [0.29, 0.717) is 63.3 Å². The Balaban J connectivity index is 1.42. The van der Waals surface area contributed by atoms with Crippen molar-refractivity contribution in [2.24, 2.45) is 5.92 Å². The fourth-order valence-electron chi connectivity index (χ4n) is 4.64. The Morgan fingerprint density at radius 2 is 1.65 bits per heavy atom. The van der Waals surface area contributed by atoms with Crippen LogP contribution in [0.25, 0.3) is 0 Å². The molecule has 4 rings (SSSR count). The molecule has 2 aliphatic heterocycles. The predicted molar refractivity (Wildman–Crippen MR) is 128 cm³/mol. The number of rotatable bonds is 3. The van der Waals surface area contributed by atoms with E-state index in [0.717, 1.165) is 17.2 Å². The molecule has 0 radical (unpaired) electrons. The molecule has 200 valence electrons. The zero-order valence-electron chi connectivity index (χ0n) is 21.0. The number of amides is 2. The molecular formula is C27H30F4N2O4. The van der Waals surface area contributed by atoms with Crippen molar-refractivity contribution in [2.45, 2.75) is 58.4 Å². The van der Waals surface area contributed by atoms with E-state index >= 15 is 0 Å². The number of ether oxygens (including phenoxy) is 2. The van der Waals surface area contributed by atoms with E-state index in [1.54, 1.807) is 42.7 Å². The summed E-state index contributed by atoms with van der Waals surface area (Å²) < 4.78 is 63.5. The molecule has 0 aliphatic carbocycles. The summed E-state index contributed by atoms with van der Waals surface area (Å²) in [5.74, 6) is -1.49. The van der Waals surface area contributed by atoms with Crippen molar-refractivity contribution in [3.8, 4) is 11.5 Å². The number of carbonyl (C=O) groups is 2. The molecule has 2 amide bonds. The number of hydrogen-bond acceptors (Lipinski definition) is 4. The third-order valence-corrected chi connectivity index (χ3v) is 6.41. The molecule has 0 bridgehead atoms. The van der Waals surface area contributed by atoms with Gasteiger partial charge in [0.2, 0.25) is 5.91 Å². The van der Waals surface area contributed by atoms with E-state index in [2.05, 4.69) is 0 Å². The van der Waals surface area contributed by atoms with E-state index in [1.807, 2.05) is 6.07 Å². The van der Waals surface area contributed by atoms with Crippen LogP contribution in [0.1, 0.15) is 50.3 Å². The van der Waals surface area contributed by atoms with E-state index in [4.69, 9.17) is 9.47 Å². The van der Waals surface area contributed by atoms with Gasteiger partial charge in [-0.1, -0.05) is 6.07 Å². The van der Waals surface area contributed by atoms with Crippen molar-refractivity contribution >= 4 is 12.0 Å². The van der Waals surface area contributed by atoms with Crippen LogP contribution in [0, 0.1) is 11.7 Å². The minimum atomic E-state index is -4.79. The topological polar surface area (TPSA) is 59.1 Å². The second kappa shape index (κ2) is 10.2. The van der Waals surface area contributed by atoms with Crippen molar-refractivity contribution in [1.29, 1.82) is 0 Å². The van der Waals surface area contributed by atoms with Crippen molar-refractivity contribution in [1.82, 2.24) is 9.80 Å². The molecule has 2 heterocycles. The summed E-state index contributed by atoms with van der Waals surface area (Å²) in [6, 6.07) is 7.66. The largest absolute Gasteiger partial charge is 0.457 e. The molecule has 1 saturated heterocycles. The first-order chi connectivity index (χ1) is 17.3. The Labute approximate surface area is 213 Å². The van der Waals surface area contributed by atoms with Gasteiger partial charge in [-0.15, -0.1) is 0 Å². The zero-order valence-corrected chi connectivity index (χ0v) is 21.0. The molecule has 10 heteroatoms. The fraction of sp³-hybridized carbons (Fsp3) is 0.481. The van der Waals surface area contributed by atoms with Crippen molar-refractivity contribution in [3.63, 3.8) is 0 Å². The van der Waals surface area contributed by atoms with Gasteiger partial charge >= 0.3 is 12.3 Å². The van der Waals surface area contributed by atoms with Crippen LogP contribution in [-0.4, -0.2) is 47.0 Å². The Morgan fingerprint density at radius 3 is 2.32 bits per heavy atom. The summed E-state index contributed by atoms with van der Waals surface area (Å²) in [6.45, 7) is 7.14. The zero-order chi connectivity index (χ0) is 27.0. The van der Waals surface area contributed by atoms with Crippen LogP contribution in [-0.2, 0) is 28.7 Å². The molecule has 1 unspecified atom stereocenters.